The van der Waals surface area contributed by atoms with Gasteiger partial charge in [-0.05, 0) is 61.4 Å². The first kappa shape index (κ1) is 16.1. The molecule has 26 heavy (non-hydrogen) atoms. The van der Waals surface area contributed by atoms with Gasteiger partial charge in [0.25, 0.3) is 0 Å². The van der Waals surface area contributed by atoms with Crippen LogP contribution < -0.4 is 10.1 Å². The van der Waals surface area contributed by atoms with Crippen LogP contribution in [0.2, 0.25) is 0 Å². The summed E-state index contributed by atoms with van der Waals surface area (Å²) >= 11 is 0. The van der Waals surface area contributed by atoms with Crippen LogP contribution in [-0.2, 0) is 0 Å². The minimum Gasteiger partial charge on any atom is -0.497 e. The molecule has 0 aliphatic carbocycles. The normalized spacial score (nSPS) is 10.9. The number of methoxy groups -OCH3 is 1. The number of rotatable bonds is 4. The lowest BCUT2D eigenvalue weighted by molar-refractivity contribution is 0.415. The van der Waals surface area contributed by atoms with Crippen LogP contribution in [0, 0.1) is 13.8 Å². The van der Waals surface area contributed by atoms with Crippen LogP contribution in [0.15, 0.2) is 54.9 Å². The largest absolute Gasteiger partial charge is 0.497 e. The number of fused-ring (bicyclic) bond motifs is 1. The van der Waals surface area contributed by atoms with Crippen LogP contribution >= 0.6 is 0 Å². The minimum atomic E-state index is 0.540. The minimum absolute atomic E-state index is 0.540. The van der Waals surface area contributed by atoms with Gasteiger partial charge < -0.3 is 10.1 Å². The molecule has 6 heteroatoms. The third kappa shape index (κ3) is 3.09. The van der Waals surface area contributed by atoms with Crippen molar-refractivity contribution < 1.29 is 4.74 Å². The van der Waals surface area contributed by atoms with Crippen LogP contribution in [0.5, 0.6) is 5.75 Å². The van der Waals surface area contributed by atoms with Gasteiger partial charge in [0.05, 0.1) is 7.11 Å². The summed E-state index contributed by atoms with van der Waals surface area (Å²) in [5.74, 6) is 1.34. The highest BCUT2D eigenvalue weighted by Crippen LogP contribution is 2.25. The molecule has 0 aliphatic rings. The van der Waals surface area contributed by atoms with Crippen molar-refractivity contribution in [3.05, 3.63) is 66.0 Å². The van der Waals surface area contributed by atoms with Crippen molar-refractivity contribution in [2.45, 2.75) is 13.8 Å². The smallest absolute Gasteiger partial charge is 0.247 e. The summed E-state index contributed by atoms with van der Waals surface area (Å²) in [5, 5.41) is 7.80. The van der Waals surface area contributed by atoms with Gasteiger partial charge in [0, 0.05) is 23.6 Å². The Morgan fingerprint density at radius 3 is 2.42 bits per heavy atom. The first-order valence-electron chi connectivity index (χ1n) is 8.33. The molecule has 0 bridgehead atoms. The van der Waals surface area contributed by atoms with Crippen LogP contribution in [0.3, 0.4) is 0 Å². The van der Waals surface area contributed by atoms with Crippen molar-refractivity contribution in [1.29, 1.82) is 0 Å². The highest BCUT2D eigenvalue weighted by atomic mass is 16.5. The first-order chi connectivity index (χ1) is 12.6. The summed E-state index contributed by atoms with van der Waals surface area (Å²) in [6.07, 6.45) is 3.52. The summed E-state index contributed by atoms with van der Waals surface area (Å²) in [7, 11) is 1.65. The van der Waals surface area contributed by atoms with E-state index in [2.05, 4.69) is 52.4 Å². The Bertz CT molecular complexity index is 1050. The average Bonchev–Trinajstić information content (AvgIpc) is 3.03. The zero-order chi connectivity index (χ0) is 18.1. The Labute approximate surface area is 151 Å². The van der Waals surface area contributed by atoms with Crippen molar-refractivity contribution in [3.63, 3.8) is 0 Å². The van der Waals surface area contributed by atoms with E-state index in [1.807, 2.05) is 24.3 Å². The van der Waals surface area contributed by atoms with Gasteiger partial charge in [-0.2, -0.15) is 4.98 Å². The number of anilines is 2. The van der Waals surface area contributed by atoms with Gasteiger partial charge in [-0.15, -0.1) is 5.10 Å². The lowest BCUT2D eigenvalue weighted by Gasteiger charge is -2.04. The summed E-state index contributed by atoms with van der Waals surface area (Å²) in [6.45, 7) is 4.14. The van der Waals surface area contributed by atoms with Crippen LogP contribution in [0.25, 0.3) is 16.9 Å². The number of nitrogens with one attached hydrogen (secondary N) is 1. The van der Waals surface area contributed by atoms with Gasteiger partial charge in [-0.25, -0.2) is 4.52 Å². The van der Waals surface area contributed by atoms with Crippen molar-refractivity contribution in [1.82, 2.24) is 19.6 Å². The second-order valence-corrected chi connectivity index (χ2v) is 6.21. The SMILES string of the molecule is COc1ccc(-c2nccn3nc(Nc4cc(C)cc(C)c4)nc23)cc1. The molecule has 2 heterocycles. The second-order valence-electron chi connectivity index (χ2n) is 6.21. The molecule has 4 aromatic rings. The molecule has 2 aromatic carbocycles. The molecule has 0 fully saturated rings. The van der Waals surface area contributed by atoms with Crippen molar-refractivity contribution >= 4 is 17.3 Å². The van der Waals surface area contributed by atoms with Gasteiger partial charge in [0.1, 0.15) is 11.4 Å². The van der Waals surface area contributed by atoms with Gasteiger partial charge in [-0.1, -0.05) is 6.07 Å². The molecule has 1 N–H and O–H groups in total. The number of ether oxygens (including phenoxy) is 1. The van der Waals surface area contributed by atoms with Crippen molar-refractivity contribution in [2.24, 2.45) is 0 Å². The molecule has 6 nitrogen and oxygen atoms in total. The van der Waals surface area contributed by atoms with E-state index in [4.69, 9.17) is 4.74 Å². The Kier molecular flexibility index (Phi) is 4.01. The standard InChI is InChI=1S/C20H19N5O/c1-13-10-14(2)12-16(11-13)22-20-23-19-18(21-8-9-25(19)24-20)15-4-6-17(26-3)7-5-15/h4-12H,1-3H3,(H,22,24). The van der Waals surface area contributed by atoms with Crippen molar-refractivity contribution in [3.8, 4) is 17.0 Å². The fraction of sp³-hybridized carbons (Fsp3) is 0.150. The highest BCUT2D eigenvalue weighted by molar-refractivity contribution is 5.75. The molecule has 0 spiro atoms. The summed E-state index contributed by atoms with van der Waals surface area (Å²) < 4.78 is 6.95. The van der Waals surface area contributed by atoms with Gasteiger partial charge in [0.2, 0.25) is 5.95 Å². The zero-order valence-corrected chi connectivity index (χ0v) is 14.9. The molecular weight excluding hydrogens is 326 g/mol. The Hall–Kier alpha value is -3.41. The summed E-state index contributed by atoms with van der Waals surface area (Å²) in [5.41, 5.74) is 5.79. The van der Waals surface area contributed by atoms with E-state index < -0.39 is 0 Å². The quantitative estimate of drug-likeness (QED) is 0.602. The predicted molar refractivity (Wildman–Crippen MR) is 102 cm³/mol. The maximum atomic E-state index is 5.22. The lowest BCUT2D eigenvalue weighted by atomic mass is 10.1. The maximum Gasteiger partial charge on any atom is 0.247 e. The second kappa shape index (κ2) is 6.48. The van der Waals surface area contributed by atoms with E-state index in [1.54, 1.807) is 24.0 Å². The van der Waals surface area contributed by atoms with E-state index in [9.17, 15) is 0 Å². The molecule has 0 unspecified atom stereocenters. The molecule has 130 valence electrons. The molecule has 0 saturated carbocycles. The predicted octanol–water partition coefficient (Wildman–Crippen LogP) is 4.16. The molecular formula is C20H19N5O. The van der Waals surface area contributed by atoms with Crippen LogP contribution in [0.4, 0.5) is 11.6 Å². The lowest BCUT2D eigenvalue weighted by Crippen LogP contribution is -1.94. The maximum absolute atomic E-state index is 5.22. The summed E-state index contributed by atoms with van der Waals surface area (Å²) in [4.78, 5) is 9.12. The molecule has 0 aliphatic heterocycles. The fourth-order valence-electron chi connectivity index (χ4n) is 3.00. The van der Waals surface area contributed by atoms with Crippen LogP contribution in [-0.4, -0.2) is 26.7 Å². The average molecular weight is 345 g/mol. The van der Waals surface area contributed by atoms with Gasteiger partial charge in [-0.3, -0.25) is 4.98 Å². The fourth-order valence-corrected chi connectivity index (χ4v) is 3.00. The Balaban J connectivity index is 1.72. The Morgan fingerprint density at radius 1 is 1.00 bits per heavy atom. The monoisotopic (exact) mass is 345 g/mol. The number of hydrogen-bond donors (Lipinski definition) is 1. The van der Waals surface area contributed by atoms with E-state index in [1.165, 1.54) is 11.1 Å². The van der Waals surface area contributed by atoms with E-state index in [0.29, 0.717) is 11.6 Å². The zero-order valence-electron chi connectivity index (χ0n) is 14.9. The van der Waals surface area contributed by atoms with E-state index in [0.717, 1.165) is 22.7 Å². The van der Waals surface area contributed by atoms with E-state index >= 15 is 0 Å². The van der Waals surface area contributed by atoms with Crippen LogP contribution in [0.1, 0.15) is 11.1 Å². The molecule has 0 radical (unpaired) electrons. The summed E-state index contributed by atoms with van der Waals surface area (Å²) in [6, 6.07) is 14.0. The third-order valence-corrected chi connectivity index (χ3v) is 4.10. The number of nitrogens with zero attached hydrogens (tertiary/aromatic N) is 4. The van der Waals surface area contributed by atoms with E-state index in [-0.39, 0.29) is 0 Å². The molecule has 0 amide bonds. The van der Waals surface area contributed by atoms with Crippen molar-refractivity contribution in [2.75, 3.05) is 12.4 Å². The number of aromatic nitrogens is 4. The molecule has 2 aromatic heterocycles. The van der Waals surface area contributed by atoms with Gasteiger partial charge >= 0.3 is 0 Å². The number of benzene rings is 2. The third-order valence-electron chi connectivity index (χ3n) is 4.10. The highest BCUT2D eigenvalue weighted by Gasteiger charge is 2.11. The first-order valence-corrected chi connectivity index (χ1v) is 8.33. The number of aryl methyl sites for hydroxylation is 2. The molecule has 0 saturated heterocycles. The molecule has 4 rings (SSSR count). The topological polar surface area (TPSA) is 64.3 Å². The van der Waals surface area contributed by atoms with Gasteiger partial charge in [0.15, 0.2) is 5.65 Å². The number of hydrogen-bond acceptors (Lipinski definition) is 5. The molecule has 0 atom stereocenters. The Morgan fingerprint density at radius 2 is 1.73 bits per heavy atom.